The molecule has 2 aliphatic rings. The Morgan fingerprint density at radius 1 is 1.45 bits per heavy atom. The van der Waals surface area contributed by atoms with Gasteiger partial charge in [-0.1, -0.05) is 12.8 Å². The zero-order chi connectivity index (χ0) is 15.7. The zero-order valence-corrected chi connectivity index (χ0v) is 13.5. The second kappa shape index (κ2) is 6.12. The predicted octanol–water partition coefficient (Wildman–Crippen LogP) is 2.12. The Labute approximate surface area is 130 Å². The topological polar surface area (TPSA) is 59.5 Å². The molecule has 0 aromatic carbocycles. The highest BCUT2D eigenvalue weighted by molar-refractivity contribution is 7.92. The van der Waals surface area contributed by atoms with Crippen molar-refractivity contribution >= 4 is 15.8 Å². The van der Waals surface area contributed by atoms with Crippen LogP contribution in [0.25, 0.3) is 0 Å². The molecule has 0 spiro atoms. The molecule has 5 nitrogen and oxygen atoms in total. The minimum atomic E-state index is -3.51. The third-order valence-electron chi connectivity index (χ3n) is 4.67. The van der Waals surface area contributed by atoms with Gasteiger partial charge < -0.3 is 4.74 Å². The number of sulfonamides is 1. The van der Waals surface area contributed by atoms with E-state index in [1.165, 1.54) is 10.4 Å². The smallest absolute Gasteiger partial charge is 0.238 e. The minimum absolute atomic E-state index is 0.0351. The summed E-state index contributed by atoms with van der Waals surface area (Å²) < 4.78 is 45.4. The van der Waals surface area contributed by atoms with E-state index in [1.807, 2.05) is 0 Å². The van der Waals surface area contributed by atoms with Gasteiger partial charge in [0.15, 0.2) is 0 Å². The molecule has 0 saturated heterocycles. The number of aromatic nitrogens is 1. The van der Waals surface area contributed by atoms with Crippen molar-refractivity contribution in [3.63, 3.8) is 0 Å². The maximum atomic E-state index is 13.2. The molecule has 122 valence electrons. The van der Waals surface area contributed by atoms with E-state index in [1.54, 1.807) is 7.11 Å². The van der Waals surface area contributed by atoms with E-state index in [2.05, 4.69) is 4.98 Å². The van der Waals surface area contributed by atoms with Crippen LogP contribution in [0.2, 0.25) is 0 Å². The maximum Gasteiger partial charge on any atom is 0.238 e. The lowest BCUT2D eigenvalue weighted by Crippen LogP contribution is -2.39. The van der Waals surface area contributed by atoms with E-state index in [-0.39, 0.29) is 11.9 Å². The van der Waals surface area contributed by atoms with Gasteiger partial charge in [0.05, 0.1) is 18.1 Å². The Balaban J connectivity index is 1.79. The average molecular weight is 328 g/mol. The quantitative estimate of drug-likeness (QED) is 0.831. The van der Waals surface area contributed by atoms with Crippen molar-refractivity contribution in [3.05, 3.63) is 23.6 Å². The van der Waals surface area contributed by atoms with Gasteiger partial charge in [0.2, 0.25) is 10.0 Å². The first kappa shape index (κ1) is 15.7. The van der Waals surface area contributed by atoms with Gasteiger partial charge in [-0.15, -0.1) is 0 Å². The SMILES string of the molecule is COC(CS(=O)(=O)N1CCc2cc(F)cnc21)C1CCCC1. The summed E-state index contributed by atoms with van der Waals surface area (Å²) in [6, 6.07) is 1.36. The molecule has 0 amide bonds. The van der Waals surface area contributed by atoms with Crippen LogP contribution in [0.1, 0.15) is 31.2 Å². The van der Waals surface area contributed by atoms with Gasteiger partial charge in [-0.3, -0.25) is 4.31 Å². The van der Waals surface area contributed by atoms with Crippen LogP contribution in [0, 0.1) is 11.7 Å². The van der Waals surface area contributed by atoms with E-state index in [9.17, 15) is 12.8 Å². The molecule has 0 bridgehead atoms. The zero-order valence-electron chi connectivity index (χ0n) is 12.7. The van der Waals surface area contributed by atoms with Crippen LogP contribution < -0.4 is 4.31 Å². The summed E-state index contributed by atoms with van der Waals surface area (Å²) in [7, 11) is -1.94. The largest absolute Gasteiger partial charge is 0.380 e. The first-order chi connectivity index (χ1) is 10.5. The fraction of sp³-hybridized carbons (Fsp3) is 0.667. The third-order valence-corrected chi connectivity index (χ3v) is 6.45. The van der Waals surface area contributed by atoms with Crippen LogP contribution in [0.3, 0.4) is 0 Å². The highest BCUT2D eigenvalue weighted by Gasteiger charge is 2.36. The summed E-state index contributed by atoms with van der Waals surface area (Å²) >= 11 is 0. The number of nitrogens with zero attached hydrogens (tertiary/aromatic N) is 2. The molecular formula is C15H21FN2O3S. The van der Waals surface area contributed by atoms with Gasteiger partial charge in [-0.2, -0.15) is 0 Å². The van der Waals surface area contributed by atoms with Crippen molar-refractivity contribution in [2.24, 2.45) is 5.92 Å². The van der Waals surface area contributed by atoms with Gasteiger partial charge in [-0.05, 0) is 31.2 Å². The fourth-order valence-electron chi connectivity index (χ4n) is 3.50. The number of ether oxygens (including phenoxy) is 1. The molecule has 1 saturated carbocycles. The number of fused-ring (bicyclic) bond motifs is 1. The van der Waals surface area contributed by atoms with Gasteiger partial charge in [0.1, 0.15) is 11.6 Å². The van der Waals surface area contributed by atoms with Gasteiger partial charge >= 0.3 is 0 Å². The summed E-state index contributed by atoms with van der Waals surface area (Å²) in [5, 5.41) is 0. The van der Waals surface area contributed by atoms with Crippen molar-refractivity contribution in [1.29, 1.82) is 0 Å². The molecule has 7 heteroatoms. The second-order valence-electron chi connectivity index (χ2n) is 6.06. The standard InChI is InChI=1S/C15H21FN2O3S/c1-21-14(11-4-2-3-5-11)10-22(19,20)18-7-6-12-8-13(16)9-17-15(12)18/h8-9,11,14H,2-7,10H2,1H3. The first-order valence-corrected chi connectivity index (χ1v) is 9.30. The fourth-order valence-corrected chi connectivity index (χ4v) is 5.31. The first-order valence-electron chi connectivity index (χ1n) is 7.69. The maximum absolute atomic E-state index is 13.2. The number of rotatable bonds is 5. The summed E-state index contributed by atoms with van der Waals surface area (Å²) in [5.74, 6) is 0.205. The van der Waals surface area contributed by atoms with E-state index in [0.29, 0.717) is 30.3 Å². The normalized spacial score (nSPS) is 20.4. The molecule has 2 heterocycles. The van der Waals surface area contributed by atoms with E-state index >= 15 is 0 Å². The molecule has 22 heavy (non-hydrogen) atoms. The monoisotopic (exact) mass is 328 g/mol. The second-order valence-corrected chi connectivity index (χ2v) is 7.99. The molecular weight excluding hydrogens is 307 g/mol. The Bertz CT molecular complexity index is 644. The molecule has 1 aromatic rings. The molecule has 1 aliphatic heterocycles. The number of hydrogen-bond donors (Lipinski definition) is 0. The van der Waals surface area contributed by atoms with Crippen LogP contribution in [0.5, 0.6) is 0 Å². The number of methoxy groups -OCH3 is 1. The van der Waals surface area contributed by atoms with Crippen molar-refractivity contribution in [2.75, 3.05) is 23.7 Å². The predicted molar refractivity (Wildman–Crippen MR) is 81.8 cm³/mol. The lowest BCUT2D eigenvalue weighted by Gasteiger charge is -2.25. The van der Waals surface area contributed by atoms with Gasteiger partial charge in [0, 0.05) is 19.2 Å². The van der Waals surface area contributed by atoms with Crippen LogP contribution >= 0.6 is 0 Å². The van der Waals surface area contributed by atoms with Crippen LogP contribution in [-0.4, -0.2) is 38.9 Å². The van der Waals surface area contributed by atoms with E-state index in [4.69, 9.17) is 4.74 Å². The third kappa shape index (κ3) is 2.96. The van der Waals surface area contributed by atoms with Crippen molar-refractivity contribution in [1.82, 2.24) is 4.98 Å². The van der Waals surface area contributed by atoms with Crippen LogP contribution in [0.15, 0.2) is 12.3 Å². The van der Waals surface area contributed by atoms with Crippen LogP contribution in [-0.2, 0) is 21.2 Å². The van der Waals surface area contributed by atoms with E-state index in [0.717, 1.165) is 31.9 Å². The average Bonchev–Trinajstić information content (AvgIpc) is 3.13. The molecule has 1 aromatic heterocycles. The van der Waals surface area contributed by atoms with Crippen molar-refractivity contribution in [2.45, 2.75) is 38.2 Å². The lowest BCUT2D eigenvalue weighted by molar-refractivity contribution is 0.0717. The Kier molecular flexibility index (Phi) is 4.36. The molecule has 3 rings (SSSR count). The Morgan fingerprint density at radius 3 is 2.86 bits per heavy atom. The highest BCUT2D eigenvalue weighted by atomic mass is 32.2. The Hall–Kier alpha value is -1.21. The lowest BCUT2D eigenvalue weighted by atomic mass is 10.0. The molecule has 0 radical (unpaired) electrons. The summed E-state index contributed by atoms with van der Waals surface area (Å²) in [4.78, 5) is 3.97. The van der Waals surface area contributed by atoms with Gasteiger partial charge in [-0.25, -0.2) is 17.8 Å². The summed E-state index contributed by atoms with van der Waals surface area (Å²) in [6.45, 7) is 0.329. The highest BCUT2D eigenvalue weighted by Crippen LogP contribution is 2.32. The number of pyridine rings is 1. The van der Waals surface area contributed by atoms with Crippen molar-refractivity contribution < 1.29 is 17.5 Å². The molecule has 1 fully saturated rings. The molecule has 0 N–H and O–H groups in total. The molecule has 1 unspecified atom stereocenters. The van der Waals surface area contributed by atoms with E-state index < -0.39 is 15.8 Å². The summed E-state index contributed by atoms with van der Waals surface area (Å²) in [6.07, 6.45) is 5.60. The van der Waals surface area contributed by atoms with Gasteiger partial charge in [0.25, 0.3) is 0 Å². The molecule has 1 aliphatic carbocycles. The van der Waals surface area contributed by atoms with Crippen molar-refractivity contribution in [3.8, 4) is 0 Å². The summed E-state index contributed by atoms with van der Waals surface area (Å²) in [5.41, 5.74) is 0.651. The Morgan fingerprint density at radius 2 is 2.18 bits per heavy atom. The number of hydrogen-bond acceptors (Lipinski definition) is 4. The minimum Gasteiger partial charge on any atom is -0.380 e. The number of halogens is 1. The number of anilines is 1. The van der Waals surface area contributed by atoms with Crippen LogP contribution in [0.4, 0.5) is 10.2 Å². The molecule has 1 atom stereocenters.